The van der Waals surface area contributed by atoms with E-state index in [0.29, 0.717) is 11.3 Å². The first kappa shape index (κ1) is 19.7. The van der Waals surface area contributed by atoms with E-state index in [1.54, 1.807) is 30.3 Å². The quantitative estimate of drug-likeness (QED) is 0.230. The van der Waals surface area contributed by atoms with Crippen molar-refractivity contribution < 1.29 is 9.72 Å². The van der Waals surface area contributed by atoms with Crippen LogP contribution in [-0.4, -0.2) is 21.8 Å². The molecule has 0 bridgehead atoms. The van der Waals surface area contributed by atoms with Crippen molar-refractivity contribution in [2.75, 3.05) is 16.1 Å². The first-order valence-corrected chi connectivity index (χ1v) is 8.43. The molecule has 0 radical (unpaired) electrons. The van der Waals surface area contributed by atoms with Gasteiger partial charge in [0, 0.05) is 6.07 Å². The Morgan fingerprint density at radius 3 is 2.74 bits per heavy atom. The second-order valence-corrected chi connectivity index (χ2v) is 6.00. The van der Waals surface area contributed by atoms with Crippen molar-refractivity contribution in [3.8, 4) is 6.07 Å². The predicted octanol–water partition coefficient (Wildman–Crippen LogP) is 1.75. The Hall–Kier alpha value is -3.62. The molecule has 5 N–H and O–H groups in total. The van der Waals surface area contributed by atoms with Gasteiger partial charge in [0.2, 0.25) is 11.1 Å². The van der Waals surface area contributed by atoms with Crippen LogP contribution in [0.4, 0.5) is 17.1 Å². The van der Waals surface area contributed by atoms with Crippen LogP contribution in [0.15, 0.2) is 53.6 Å². The highest BCUT2D eigenvalue weighted by atomic mass is 32.2. The van der Waals surface area contributed by atoms with Gasteiger partial charge in [-0.2, -0.15) is 10.4 Å². The van der Waals surface area contributed by atoms with Crippen LogP contribution in [0, 0.1) is 21.4 Å². The van der Waals surface area contributed by atoms with Gasteiger partial charge in [0.25, 0.3) is 5.69 Å². The number of hydrogen-bond donors (Lipinski definition) is 3. The van der Waals surface area contributed by atoms with E-state index in [4.69, 9.17) is 16.9 Å². The molecule has 0 spiro atoms. The van der Waals surface area contributed by atoms with E-state index >= 15 is 0 Å². The van der Waals surface area contributed by atoms with Crippen LogP contribution >= 0.6 is 11.8 Å². The van der Waals surface area contributed by atoms with Crippen molar-refractivity contribution in [2.24, 2.45) is 16.8 Å². The van der Waals surface area contributed by atoms with Crippen molar-refractivity contribution in [1.82, 2.24) is 0 Å². The van der Waals surface area contributed by atoms with Crippen molar-refractivity contribution in [3.63, 3.8) is 0 Å². The average molecular weight is 385 g/mol. The maximum atomic E-state index is 12.1. The number of para-hydroxylation sites is 2. The Morgan fingerprint density at radius 2 is 2.07 bits per heavy atom. The van der Waals surface area contributed by atoms with Crippen molar-refractivity contribution in [2.45, 2.75) is 0 Å². The van der Waals surface area contributed by atoms with E-state index in [9.17, 15) is 14.9 Å². The molecule has 0 aromatic heterocycles. The number of hydrazone groups is 1. The minimum atomic E-state index is -0.584. The molecule has 2 aromatic rings. The van der Waals surface area contributed by atoms with E-state index in [0.717, 1.165) is 16.8 Å². The standard InChI is InChI=1S/C16H15N7O3S/c17-9-11-4-3-5-12(8-11)22(19)16(21-18)27-10-15(24)20-13-6-1-2-7-14(13)23(25)26/h1-8H,10,18-19H2,(H,20,24)/b21-16+. The lowest BCUT2D eigenvalue weighted by molar-refractivity contribution is -0.383. The number of nitriles is 1. The molecule has 1 amide bonds. The monoisotopic (exact) mass is 385 g/mol. The number of carbonyl (C=O) groups is 1. The van der Waals surface area contributed by atoms with Crippen LogP contribution in [-0.2, 0) is 4.79 Å². The summed E-state index contributed by atoms with van der Waals surface area (Å²) in [4.78, 5) is 22.5. The van der Waals surface area contributed by atoms with Crippen molar-refractivity contribution >= 4 is 39.9 Å². The number of thioether (sulfide) groups is 1. The molecule has 0 atom stereocenters. The summed E-state index contributed by atoms with van der Waals surface area (Å²) in [6.07, 6.45) is 0. The fourth-order valence-electron chi connectivity index (χ4n) is 2.06. The number of anilines is 2. The van der Waals surface area contributed by atoms with Crippen molar-refractivity contribution in [1.29, 1.82) is 5.26 Å². The summed E-state index contributed by atoms with van der Waals surface area (Å²) >= 11 is 0.941. The number of amides is 1. The molecule has 0 aliphatic carbocycles. The fourth-order valence-corrected chi connectivity index (χ4v) is 2.71. The number of nitrogens with two attached hydrogens (primary N) is 2. The van der Waals surface area contributed by atoms with Gasteiger partial charge in [-0.25, -0.2) is 5.84 Å². The number of hydrazine groups is 1. The molecule has 0 aliphatic heterocycles. The normalized spacial score (nSPS) is 10.7. The number of amidine groups is 1. The number of nitro benzene ring substituents is 1. The highest BCUT2D eigenvalue weighted by Crippen LogP contribution is 2.23. The summed E-state index contributed by atoms with van der Waals surface area (Å²) < 4.78 is 0. The van der Waals surface area contributed by atoms with Crippen LogP contribution in [0.1, 0.15) is 5.56 Å². The summed E-state index contributed by atoms with van der Waals surface area (Å²) in [6, 6.07) is 14.2. The number of hydrogen-bond acceptors (Lipinski definition) is 8. The molecule has 0 heterocycles. The van der Waals surface area contributed by atoms with E-state index < -0.39 is 10.8 Å². The number of nitrogens with zero attached hydrogens (tertiary/aromatic N) is 4. The number of benzene rings is 2. The molecule has 0 fully saturated rings. The van der Waals surface area contributed by atoms with Crippen molar-refractivity contribution in [3.05, 3.63) is 64.2 Å². The number of nitro groups is 1. The maximum absolute atomic E-state index is 12.1. The average Bonchev–Trinajstić information content (AvgIpc) is 2.68. The maximum Gasteiger partial charge on any atom is 0.292 e. The molecule has 0 unspecified atom stereocenters. The highest BCUT2D eigenvalue weighted by Gasteiger charge is 2.17. The molecule has 27 heavy (non-hydrogen) atoms. The van der Waals surface area contributed by atoms with Gasteiger partial charge in [0.05, 0.1) is 28.0 Å². The summed E-state index contributed by atoms with van der Waals surface area (Å²) in [7, 11) is 0. The van der Waals surface area contributed by atoms with Crippen LogP contribution in [0.5, 0.6) is 0 Å². The topological polar surface area (TPSA) is 164 Å². The second-order valence-electron chi connectivity index (χ2n) is 5.05. The molecule has 2 rings (SSSR count). The highest BCUT2D eigenvalue weighted by molar-refractivity contribution is 8.14. The molecule has 11 heteroatoms. The molecule has 0 saturated heterocycles. The lowest BCUT2D eigenvalue weighted by Gasteiger charge is -2.19. The molecule has 0 aliphatic rings. The van der Waals surface area contributed by atoms with Crippen LogP contribution in [0.2, 0.25) is 0 Å². The third-order valence-corrected chi connectivity index (χ3v) is 4.24. The van der Waals surface area contributed by atoms with Crippen LogP contribution in [0.3, 0.4) is 0 Å². The lowest BCUT2D eigenvalue weighted by atomic mass is 10.2. The lowest BCUT2D eigenvalue weighted by Crippen LogP contribution is -2.37. The smallest absolute Gasteiger partial charge is 0.292 e. The zero-order chi connectivity index (χ0) is 19.8. The molecular formula is C16H15N7O3S. The minimum absolute atomic E-state index is 0.0886. The summed E-state index contributed by atoms with van der Waals surface area (Å²) in [5.41, 5.74) is 0.742. The van der Waals surface area contributed by atoms with E-state index in [1.165, 1.54) is 18.2 Å². The van der Waals surface area contributed by atoms with Gasteiger partial charge in [0.1, 0.15) is 5.69 Å². The largest absolute Gasteiger partial charge is 0.321 e. The number of nitrogens with one attached hydrogen (secondary N) is 1. The molecule has 138 valence electrons. The Kier molecular flexibility index (Phi) is 6.70. The zero-order valence-electron chi connectivity index (χ0n) is 13.9. The minimum Gasteiger partial charge on any atom is -0.321 e. The Bertz CT molecular complexity index is 926. The van der Waals surface area contributed by atoms with Gasteiger partial charge < -0.3 is 11.2 Å². The molecule has 2 aromatic carbocycles. The van der Waals surface area contributed by atoms with Crippen LogP contribution in [0.25, 0.3) is 0 Å². The van der Waals surface area contributed by atoms with Gasteiger partial charge in [0.15, 0.2) is 0 Å². The second kappa shape index (κ2) is 9.18. The Morgan fingerprint density at radius 1 is 1.33 bits per heavy atom. The summed E-state index contributed by atoms with van der Waals surface area (Å²) in [5.74, 6) is 10.7. The number of carbonyl (C=O) groups excluding carboxylic acids is 1. The third-order valence-electron chi connectivity index (χ3n) is 3.28. The summed E-state index contributed by atoms with van der Waals surface area (Å²) in [6.45, 7) is 0. The van der Waals surface area contributed by atoms with Crippen LogP contribution < -0.4 is 22.0 Å². The van der Waals surface area contributed by atoms with E-state index in [-0.39, 0.29) is 22.3 Å². The molecular weight excluding hydrogens is 370 g/mol. The van der Waals surface area contributed by atoms with Gasteiger partial charge in [-0.1, -0.05) is 30.0 Å². The van der Waals surface area contributed by atoms with Gasteiger partial charge >= 0.3 is 0 Å². The third kappa shape index (κ3) is 5.18. The van der Waals surface area contributed by atoms with Gasteiger partial charge in [-0.05, 0) is 24.3 Å². The number of rotatable bonds is 5. The summed E-state index contributed by atoms with van der Waals surface area (Å²) in [5, 5.41) is 27.2. The van der Waals surface area contributed by atoms with E-state index in [1.807, 2.05) is 6.07 Å². The molecule has 0 saturated carbocycles. The first-order valence-electron chi connectivity index (χ1n) is 7.45. The first-order chi connectivity index (χ1) is 13.0. The van der Waals surface area contributed by atoms with Gasteiger partial charge in [-0.3, -0.25) is 19.9 Å². The van der Waals surface area contributed by atoms with Gasteiger partial charge in [-0.15, -0.1) is 0 Å². The Balaban J connectivity index is 2.02. The zero-order valence-corrected chi connectivity index (χ0v) is 14.7. The fraction of sp³-hybridized carbons (Fsp3) is 0.0625. The molecule has 10 nitrogen and oxygen atoms in total. The Labute approximate surface area is 158 Å². The van der Waals surface area contributed by atoms with E-state index in [2.05, 4.69) is 10.4 Å². The predicted molar refractivity (Wildman–Crippen MR) is 104 cm³/mol. The SMILES string of the molecule is N#Cc1cccc(N(N)/C(=N\N)SCC(=O)Nc2ccccc2[N+](=O)[O-])c1.